The minimum atomic E-state index is -0.637. The van der Waals surface area contributed by atoms with Gasteiger partial charge in [0.1, 0.15) is 10.8 Å². The number of aromatic nitrogens is 1. The minimum absolute atomic E-state index is 0.0226. The smallest absolute Gasteiger partial charge is 0.265 e. The van der Waals surface area contributed by atoms with E-state index in [1.165, 1.54) is 11.3 Å². The van der Waals surface area contributed by atoms with Gasteiger partial charge in [-0.05, 0) is 50.2 Å². The molecule has 3 aromatic rings. The third kappa shape index (κ3) is 4.60. The average molecular weight is 380 g/mol. The summed E-state index contributed by atoms with van der Waals surface area (Å²) in [6.45, 7) is 5.08. The van der Waals surface area contributed by atoms with Crippen molar-refractivity contribution < 1.29 is 14.3 Å². The van der Waals surface area contributed by atoms with Gasteiger partial charge in [0.05, 0.1) is 10.6 Å². The van der Waals surface area contributed by atoms with Gasteiger partial charge in [0.2, 0.25) is 0 Å². The molecule has 1 N–H and O–H groups in total. The van der Waals surface area contributed by atoms with Crippen LogP contribution in [0, 0.1) is 6.92 Å². The number of rotatable bonds is 6. The highest BCUT2D eigenvalue weighted by molar-refractivity contribution is 7.17. The third-order valence-corrected chi connectivity index (χ3v) is 5.25. The van der Waals surface area contributed by atoms with Crippen molar-refractivity contribution in [2.24, 2.45) is 0 Å². The highest BCUT2D eigenvalue weighted by Gasteiger charge is 2.16. The molecule has 0 spiro atoms. The lowest BCUT2D eigenvalue weighted by atomic mass is 10.2. The first-order valence-electron chi connectivity index (χ1n) is 8.55. The summed E-state index contributed by atoms with van der Waals surface area (Å²) >= 11 is 1.38. The summed E-state index contributed by atoms with van der Waals surface area (Å²) < 4.78 is 5.72. The Bertz CT molecular complexity index is 949. The van der Waals surface area contributed by atoms with E-state index in [1.807, 2.05) is 49.4 Å². The van der Waals surface area contributed by atoms with E-state index in [-0.39, 0.29) is 11.7 Å². The zero-order chi connectivity index (χ0) is 19.4. The van der Waals surface area contributed by atoms with Gasteiger partial charge in [-0.15, -0.1) is 11.3 Å². The van der Waals surface area contributed by atoms with E-state index in [1.54, 1.807) is 26.0 Å². The van der Waals surface area contributed by atoms with Crippen molar-refractivity contribution in [1.29, 1.82) is 0 Å². The molecule has 1 heterocycles. The molecule has 1 aromatic heterocycles. The molecule has 2 aromatic carbocycles. The molecule has 0 bridgehead atoms. The molecule has 0 aliphatic rings. The van der Waals surface area contributed by atoms with Gasteiger partial charge >= 0.3 is 0 Å². The number of Topliss-reactive ketones (excluding diaryl/α,β-unsaturated/α-hetero) is 1. The molecule has 0 saturated carbocycles. The van der Waals surface area contributed by atoms with Crippen LogP contribution >= 0.6 is 11.3 Å². The number of nitrogens with one attached hydrogen (secondary N) is 1. The second-order valence-corrected chi connectivity index (χ2v) is 7.13. The quantitative estimate of drug-likeness (QED) is 0.628. The zero-order valence-corrected chi connectivity index (χ0v) is 16.2. The summed E-state index contributed by atoms with van der Waals surface area (Å²) in [5, 5.41) is 3.61. The van der Waals surface area contributed by atoms with Crippen molar-refractivity contribution in [3.05, 3.63) is 65.2 Å². The summed E-state index contributed by atoms with van der Waals surface area (Å²) in [5.74, 6) is 0.399. The van der Waals surface area contributed by atoms with Gasteiger partial charge in [0, 0.05) is 18.2 Å². The van der Waals surface area contributed by atoms with Crippen LogP contribution in [0.3, 0.4) is 0 Å². The molecule has 0 radical (unpaired) electrons. The van der Waals surface area contributed by atoms with Crippen LogP contribution in [0.1, 0.15) is 29.2 Å². The normalized spacial score (nSPS) is 11.7. The summed E-state index contributed by atoms with van der Waals surface area (Å²) in [6, 6.07) is 16.6. The molecular weight excluding hydrogens is 360 g/mol. The Hall–Kier alpha value is -2.99. The van der Waals surface area contributed by atoms with Gasteiger partial charge in [-0.1, -0.05) is 18.2 Å². The zero-order valence-electron chi connectivity index (χ0n) is 15.4. The number of benzene rings is 2. The first kappa shape index (κ1) is 18.8. The Morgan fingerprint density at radius 2 is 1.74 bits per heavy atom. The molecule has 27 heavy (non-hydrogen) atoms. The lowest BCUT2D eigenvalue weighted by Gasteiger charge is -2.15. The predicted molar refractivity (Wildman–Crippen MR) is 107 cm³/mol. The molecule has 1 atom stereocenters. The fourth-order valence-corrected chi connectivity index (χ4v) is 3.51. The first-order valence-corrected chi connectivity index (χ1v) is 9.37. The van der Waals surface area contributed by atoms with Crippen LogP contribution in [0.4, 0.5) is 5.69 Å². The topological polar surface area (TPSA) is 68.3 Å². The van der Waals surface area contributed by atoms with Gasteiger partial charge in [-0.2, -0.15) is 0 Å². The number of thiazole rings is 1. The SMILES string of the molecule is CC(=O)c1sc(-c2ccc(O[C@@H](C)C(=O)Nc3ccccc3)cc2)nc1C. The third-order valence-electron chi connectivity index (χ3n) is 3.94. The second kappa shape index (κ2) is 8.14. The Balaban J connectivity index is 1.66. The molecule has 1 amide bonds. The van der Waals surface area contributed by atoms with E-state index in [0.29, 0.717) is 10.6 Å². The standard InChI is InChI=1S/C21H20N2O3S/c1-13-19(14(2)24)27-21(22-13)16-9-11-18(12-10-16)26-15(3)20(25)23-17-7-5-4-6-8-17/h4-12,15H,1-3H3,(H,23,25)/t15-/m0/s1. The fraction of sp³-hybridized carbons (Fsp3) is 0.190. The van der Waals surface area contributed by atoms with E-state index in [0.717, 1.165) is 22.0 Å². The highest BCUT2D eigenvalue weighted by atomic mass is 32.1. The van der Waals surface area contributed by atoms with Crippen LogP contribution in [-0.4, -0.2) is 22.8 Å². The fourth-order valence-electron chi connectivity index (χ4n) is 2.55. The molecule has 0 aliphatic heterocycles. The van der Waals surface area contributed by atoms with Crippen molar-refractivity contribution in [2.75, 3.05) is 5.32 Å². The first-order chi connectivity index (χ1) is 12.9. The molecule has 0 fully saturated rings. The number of anilines is 1. The summed E-state index contributed by atoms with van der Waals surface area (Å²) in [6.07, 6.45) is -0.637. The molecule has 6 heteroatoms. The maximum atomic E-state index is 12.2. The van der Waals surface area contributed by atoms with Crippen LogP contribution in [0.5, 0.6) is 5.75 Å². The largest absolute Gasteiger partial charge is 0.481 e. The number of ketones is 1. The lowest BCUT2D eigenvalue weighted by Crippen LogP contribution is -2.30. The average Bonchev–Trinajstić information content (AvgIpc) is 3.05. The van der Waals surface area contributed by atoms with Crippen molar-refractivity contribution in [3.8, 4) is 16.3 Å². The van der Waals surface area contributed by atoms with Crippen molar-refractivity contribution >= 4 is 28.7 Å². The number of aryl methyl sites for hydroxylation is 1. The number of para-hydroxylation sites is 1. The van der Waals surface area contributed by atoms with Crippen LogP contribution in [0.2, 0.25) is 0 Å². The van der Waals surface area contributed by atoms with E-state index in [4.69, 9.17) is 4.74 Å². The predicted octanol–water partition coefficient (Wildman–Crippen LogP) is 4.73. The summed E-state index contributed by atoms with van der Waals surface area (Å²) in [5.41, 5.74) is 2.38. The second-order valence-electron chi connectivity index (χ2n) is 6.13. The number of hydrogen-bond donors (Lipinski definition) is 1. The summed E-state index contributed by atoms with van der Waals surface area (Å²) in [4.78, 5) is 29.0. The maximum Gasteiger partial charge on any atom is 0.265 e. The number of nitrogens with zero attached hydrogens (tertiary/aromatic N) is 1. The number of carbonyl (C=O) groups excluding carboxylic acids is 2. The van der Waals surface area contributed by atoms with Gasteiger partial charge in [0.15, 0.2) is 11.9 Å². The Morgan fingerprint density at radius 1 is 1.07 bits per heavy atom. The maximum absolute atomic E-state index is 12.2. The number of amides is 1. The molecule has 138 valence electrons. The summed E-state index contributed by atoms with van der Waals surface area (Å²) in [7, 11) is 0. The molecule has 0 unspecified atom stereocenters. The molecule has 0 aliphatic carbocycles. The Kier molecular flexibility index (Phi) is 5.66. The van der Waals surface area contributed by atoms with Crippen molar-refractivity contribution in [2.45, 2.75) is 26.9 Å². The number of hydrogen-bond acceptors (Lipinski definition) is 5. The van der Waals surface area contributed by atoms with E-state index >= 15 is 0 Å². The van der Waals surface area contributed by atoms with Gasteiger partial charge in [-0.3, -0.25) is 9.59 Å². The van der Waals surface area contributed by atoms with Crippen LogP contribution in [0.25, 0.3) is 10.6 Å². The molecule has 3 rings (SSSR count). The molecule has 0 saturated heterocycles. The monoisotopic (exact) mass is 380 g/mol. The van der Waals surface area contributed by atoms with Crippen molar-refractivity contribution in [1.82, 2.24) is 4.98 Å². The van der Waals surface area contributed by atoms with Crippen LogP contribution in [0.15, 0.2) is 54.6 Å². The highest BCUT2D eigenvalue weighted by Crippen LogP contribution is 2.29. The van der Waals surface area contributed by atoms with Gasteiger partial charge in [0.25, 0.3) is 5.91 Å². The van der Waals surface area contributed by atoms with E-state index < -0.39 is 6.10 Å². The molecule has 5 nitrogen and oxygen atoms in total. The lowest BCUT2D eigenvalue weighted by molar-refractivity contribution is -0.122. The molecular formula is C21H20N2O3S. The van der Waals surface area contributed by atoms with Gasteiger partial charge in [-0.25, -0.2) is 4.98 Å². The van der Waals surface area contributed by atoms with Crippen LogP contribution in [-0.2, 0) is 4.79 Å². The number of ether oxygens (including phenoxy) is 1. The Labute approximate surface area is 162 Å². The van der Waals surface area contributed by atoms with E-state index in [2.05, 4.69) is 10.3 Å². The minimum Gasteiger partial charge on any atom is -0.481 e. The van der Waals surface area contributed by atoms with E-state index in [9.17, 15) is 9.59 Å². The van der Waals surface area contributed by atoms with Crippen LogP contribution < -0.4 is 10.1 Å². The van der Waals surface area contributed by atoms with Crippen molar-refractivity contribution in [3.63, 3.8) is 0 Å². The Morgan fingerprint density at radius 3 is 2.33 bits per heavy atom. The van der Waals surface area contributed by atoms with Gasteiger partial charge < -0.3 is 10.1 Å². The number of carbonyl (C=O) groups is 2.